The Morgan fingerprint density at radius 2 is 1.90 bits per heavy atom. The largest absolute Gasteiger partial charge is 0.297 e. The van der Waals surface area contributed by atoms with E-state index in [1.165, 1.54) is 6.42 Å². The van der Waals surface area contributed by atoms with Crippen molar-refractivity contribution in [2.24, 2.45) is 11.8 Å². The molecular formula is C15H28N2O2S. The molecule has 1 fully saturated rings. The second-order valence-corrected chi connectivity index (χ2v) is 6.06. The number of hydrazine groups is 1. The molecule has 20 heavy (non-hydrogen) atoms. The van der Waals surface area contributed by atoms with E-state index in [1.54, 1.807) is 0 Å². The highest BCUT2D eigenvalue weighted by Crippen LogP contribution is 2.26. The van der Waals surface area contributed by atoms with E-state index in [9.17, 15) is 9.59 Å². The SMILES string of the molecule is CCCCCC(=O)N(N)[C@H](CS)C(=O)C1CCCCC1. The molecule has 0 aromatic rings. The molecular weight excluding hydrogens is 272 g/mol. The molecule has 0 aliphatic heterocycles. The van der Waals surface area contributed by atoms with Crippen molar-refractivity contribution in [3.05, 3.63) is 0 Å². The summed E-state index contributed by atoms with van der Waals surface area (Å²) in [5.41, 5.74) is 0. The van der Waals surface area contributed by atoms with E-state index in [4.69, 9.17) is 5.84 Å². The third-order valence-electron chi connectivity index (χ3n) is 4.13. The number of amides is 1. The van der Waals surface area contributed by atoms with Gasteiger partial charge in [-0.15, -0.1) is 0 Å². The van der Waals surface area contributed by atoms with E-state index in [0.29, 0.717) is 12.2 Å². The molecule has 0 heterocycles. The highest BCUT2D eigenvalue weighted by molar-refractivity contribution is 7.80. The van der Waals surface area contributed by atoms with E-state index >= 15 is 0 Å². The van der Waals surface area contributed by atoms with Crippen LogP contribution in [0.5, 0.6) is 0 Å². The highest BCUT2D eigenvalue weighted by atomic mass is 32.1. The predicted molar refractivity (Wildman–Crippen MR) is 84.4 cm³/mol. The number of Topliss-reactive ketones (excluding diaryl/α,β-unsaturated/α-hetero) is 1. The molecule has 1 saturated carbocycles. The van der Waals surface area contributed by atoms with Crippen molar-refractivity contribution in [3.8, 4) is 0 Å². The number of hydrogen-bond donors (Lipinski definition) is 2. The Kier molecular flexibility index (Phi) is 8.22. The maximum Gasteiger partial charge on any atom is 0.237 e. The zero-order valence-electron chi connectivity index (χ0n) is 12.5. The van der Waals surface area contributed by atoms with Gasteiger partial charge in [0.25, 0.3) is 0 Å². The van der Waals surface area contributed by atoms with Crippen molar-refractivity contribution < 1.29 is 9.59 Å². The Morgan fingerprint density at radius 3 is 2.45 bits per heavy atom. The van der Waals surface area contributed by atoms with Crippen molar-refractivity contribution in [2.45, 2.75) is 70.8 Å². The topological polar surface area (TPSA) is 63.4 Å². The van der Waals surface area contributed by atoms with Gasteiger partial charge in [-0.1, -0.05) is 39.0 Å². The van der Waals surface area contributed by atoms with Gasteiger partial charge in [-0.25, -0.2) is 5.84 Å². The average molecular weight is 300 g/mol. The zero-order chi connectivity index (χ0) is 15.0. The lowest BCUT2D eigenvalue weighted by Crippen LogP contribution is -2.52. The second-order valence-electron chi connectivity index (χ2n) is 5.69. The van der Waals surface area contributed by atoms with Gasteiger partial charge in [0.2, 0.25) is 5.91 Å². The summed E-state index contributed by atoms with van der Waals surface area (Å²) < 4.78 is 0. The molecule has 1 rings (SSSR count). The number of rotatable bonds is 8. The first-order chi connectivity index (χ1) is 9.61. The minimum Gasteiger partial charge on any atom is -0.297 e. The molecule has 1 aliphatic rings. The summed E-state index contributed by atoms with van der Waals surface area (Å²) >= 11 is 4.22. The van der Waals surface area contributed by atoms with Crippen molar-refractivity contribution in [2.75, 3.05) is 5.75 Å². The molecule has 4 nitrogen and oxygen atoms in total. The smallest absolute Gasteiger partial charge is 0.237 e. The number of nitrogens with zero attached hydrogens (tertiary/aromatic N) is 1. The Morgan fingerprint density at radius 1 is 1.25 bits per heavy atom. The molecule has 1 amide bonds. The summed E-state index contributed by atoms with van der Waals surface area (Å²) in [6.45, 7) is 2.09. The van der Waals surface area contributed by atoms with Crippen molar-refractivity contribution in [1.29, 1.82) is 0 Å². The maximum absolute atomic E-state index is 12.5. The fraction of sp³-hybridized carbons (Fsp3) is 0.867. The van der Waals surface area contributed by atoms with Crippen LogP contribution in [0.2, 0.25) is 0 Å². The summed E-state index contributed by atoms with van der Waals surface area (Å²) in [5.74, 6) is 6.22. The Balaban J connectivity index is 2.54. The monoisotopic (exact) mass is 300 g/mol. The zero-order valence-corrected chi connectivity index (χ0v) is 13.4. The Labute approximate surface area is 127 Å². The van der Waals surface area contributed by atoms with Gasteiger partial charge in [0, 0.05) is 18.1 Å². The number of carbonyl (C=O) groups is 2. The standard InChI is InChI=1S/C15H28N2O2S/c1-2-3-5-10-14(18)17(16)13(11-20)15(19)12-8-6-4-7-9-12/h12-13,20H,2-11,16H2,1H3/t13-/m1/s1. The second kappa shape index (κ2) is 9.40. The minimum atomic E-state index is -0.560. The summed E-state index contributed by atoms with van der Waals surface area (Å²) in [6.07, 6.45) is 8.61. The molecule has 0 radical (unpaired) electrons. The third kappa shape index (κ3) is 5.09. The fourth-order valence-corrected chi connectivity index (χ4v) is 3.16. The lowest BCUT2D eigenvalue weighted by Gasteiger charge is -2.30. The van der Waals surface area contributed by atoms with Crippen LogP contribution in [0.25, 0.3) is 0 Å². The quantitative estimate of drug-likeness (QED) is 0.238. The lowest BCUT2D eigenvalue weighted by atomic mass is 9.84. The van der Waals surface area contributed by atoms with Gasteiger partial charge in [-0.3, -0.25) is 14.6 Å². The number of ketones is 1. The lowest BCUT2D eigenvalue weighted by molar-refractivity contribution is -0.141. The molecule has 116 valence electrons. The van der Waals surface area contributed by atoms with Crippen LogP contribution in [-0.4, -0.2) is 28.5 Å². The van der Waals surface area contributed by atoms with Gasteiger partial charge in [0.05, 0.1) is 0 Å². The Bertz CT molecular complexity index is 317. The summed E-state index contributed by atoms with van der Waals surface area (Å²) in [4.78, 5) is 24.5. The van der Waals surface area contributed by atoms with Crippen LogP contribution in [0.15, 0.2) is 0 Å². The van der Waals surface area contributed by atoms with Crippen LogP contribution in [0.3, 0.4) is 0 Å². The van der Waals surface area contributed by atoms with Gasteiger partial charge in [-0.2, -0.15) is 12.6 Å². The van der Waals surface area contributed by atoms with Gasteiger partial charge >= 0.3 is 0 Å². The van der Waals surface area contributed by atoms with Gasteiger partial charge in [0.15, 0.2) is 5.78 Å². The van der Waals surface area contributed by atoms with Gasteiger partial charge in [0.1, 0.15) is 6.04 Å². The van der Waals surface area contributed by atoms with Gasteiger partial charge < -0.3 is 0 Å². The van der Waals surface area contributed by atoms with Crippen LogP contribution in [0, 0.1) is 5.92 Å². The Hall–Kier alpha value is -0.550. The molecule has 0 unspecified atom stereocenters. The number of carbonyl (C=O) groups excluding carboxylic acids is 2. The summed E-state index contributed by atoms with van der Waals surface area (Å²) in [6, 6.07) is -0.560. The summed E-state index contributed by atoms with van der Waals surface area (Å²) in [7, 11) is 0. The first-order valence-electron chi connectivity index (χ1n) is 7.83. The molecule has 0 saturated heterocycles. The molecule has 5 heteroatoms. The van der Waals surface area contributed by atoms with Crippen LogP contribution >= 0.6 is 12.6 Å². The molecule has 0 bridgehead atoms. The van der Waals surface area contributed by atoms with E-state index in [0.717, 1.165) is 50.0 Å². The average Bonchev–Trinajstić information content (AvgIpc) is 2.48. The highest BCUT2D eigenvalue weighted by Gasteiger charge is 2.32. The first kappa shape index (κ1) is 17.5. The van der Waals surface area contributed by atoms with Crippen LogP contribution < -0.4 is 5.84 Å². The molecule has 0 aromatic heterocycles. The minimum absolute atomic E-state index is 0.0652. The maximum atomic E-state index is 12.5. The fourth-order valence-electron chi connectivity index (χ4n) is 2.80. The predicted octanol–water partition coefficient (Wildman–Crippen LogP) is 2.72. The van der Waals surface area contributed by atoms with Crippen LogP contribution in [-0.2, 0) is 9.59 Å². The normalized spacial score (nSPS) is 17.8. The molecule has 1 atom stereocenters. The van der Waals surface area contributed by atoms with E-state index in [2.05, 4.69) is 19.6 Å². The van der Waals surface area contributed by atoms with Crippen LogP contribution in [0.1, 0.15) is 64.7 Å². The molecule has 2 N–H and O–H groups in total. The third-order valence-corrected chi connectivity index (χ3v) is 4.47. The summed E-state index contributed by atoms with van der Waals surface area (Å²) in [5, 5.41) is 1.14. The number of thiol groups is 1. The first-order valence-corrected chi connectivity index (χ1v) is 8.46. The van der Waals surface area contributed by atoms with Gasteiger partial charge in [-0.05, 0) is 19.3 Å². The molecule has 1 aliphatic carbocycles. The number of nitrogens with two attached hydrogens (primary N) is 1. The van der Waals surface area contributed by atoms with Crippen molar-refractivity contribution in [3.63, 3.8) is 0 Å². The number of unbranched alkanes of at least 4 members (excludes halogenated alkanes) is 2. The molecule has 0 aromatic carbocycles. The van der Waals surface area contributed by atoms with E-state index in [-0.39, 0.29) is 17.6 Å². The van der Waals surface area contributed by atoms with Crippen molar-refractivity contribution in [1.82, 2.24) is 5.01 Å². The van der Waals surface area contributed by atoms with Crippen LogP contribution in [0.4, 0.5) is 0 Å². The molecule has 0 spiro atoms. The van der Waals surface area contributed by atoms with E-state index < -0.39 is 6.04 Å². The van der Waals surface area contributed by atoms with Crippen molar-refractivity contribution >= 4 is 24.3 Å². The van der Waals surface area contributed by atoms with E-state index in [1.807, 2.05) is 0 Å². The number of hydrogen-bond acceptors (Lipinski definition) is 4.